The first-order chi connectivity index (χ1) is 12.8. The number of aromatic hydroxyl groups is 1. The molecule has 0 saturated carbocycles. The lowest BCUT2D eigenvalue weighted by Gasteiger charge is -2.19. The van der Waals surface area contributed by atoms with Gasteiger partial charge in [-0.3, -0.25) is 0 Å². The van der Waals surface area contributed by atoms with E-state index in [1.165, 1.54) is 0 Å². The zero-order chi connectivity index (χ0) is 19.6. The van der Waals surface area contributed by atoms with E-state index in [9.17, 15) is 18.7 Å². The molecule has 0 fully saturated rings. The van der Waals surface area contributed by atoms with Crippen molar-refractivity contribution in [3.05, 3.63) is 57.1 Å². The van der Waals surface area contributed by atoms with Crippen LogP contribution in [0.4, 0.5) is 5.69 Å². The molecular weight excluding hydrogens is 366 g/mol. The van der Waals surface area contributed by atoms with Gasteiger partial charge in [-0.2, -0.15) is 4.36 Å². The molecule has 1 aromatic heterocycles. The van der Waals surface area contributed by atoms with Crippen LogP contribution in [0.5, 0.6) is 5.75 Å². The zero-order valence-electron chi connectivity index (χ0n) is 15.6. The van der Waals surface area contributed by atoms with Crippen molar-refractivity contribution in [3.63, 3.8) is 0 Å². The maximum Gasteiger partial charge on any atom is 0.343 e. The Hall–Kier alpha value is -2.12. The van der Waals surface area contributed by atoms with Crippen molar-refractivity contribution in [1.82, 2.24) is 0 Å². The Morgan fingerprint density at radius 3 is 2.59 bits per heavy atom. The van der Waals surface area contributed by atoms with Gasteiger partial charge >= 0.3 is 5.63 Å². The average molecular weight is 391 g/mol. The highest BCUT2D eigenvalue weighted by Crippen LogP contribution is 2.35. The highest BCUT2D eigenvalue weighted by Gasteiger charge is 2.24. The first-order valence-corrected chi connectivity index (χ1v) is 11.1. The maximum absolute atomic E-state index is 12.6. The summed E-state index contributed by atoms with van der Waals surface area (Å²) in [6.07, 6.45) is 6.61. The van der Waals surface area contributed by atoms with E-state index in [1.54, 1.807) is 24.3 Å². The molecule has 2 aromatic rings. The molecule has 0 spiro atoms. The summed E-state index contributed by atoms with van der Waals surface area (Å²) in [6, 6.07) is 6.79. The van der Waals surface area contributed by atoms with E-state index in [-0.39, 0.29) is 11.3 Å². The van der Waals surface area contributed by atoms with E-state index in [2.05, 4.69) is 4.36 Å². The maximum atomic E-state index is 12.6. The van der Waals surface area contributed by atoms with E-state index >= 15 is 0 Å². The number of fused-ring (bicyclic) bond motifs is 1. The van der Waals surface area contributed by atoms with Gasteiger partial charge in [0.1, 0.15) is 11.5 Å². The molecular formula is C20H25NO5S. The minimum Gasteiger partial charge on any atom is -0.507 e. The van der Waals surface area contributed by atoms with E-state index in [0.717, 1.165) is 37.5 Å². The topological polar surface area (TPSA) is 100 Å². The lowest BCUT2D eigenvalue weighted by molar-refractivity contribution is 0.386. The molecule has 2 atom stereocenters. The van der Waals surface area contributed by atoms with Crippen LogP contribution < -0.4 is 5.63 Å². The molecule has 2 N–H and O–H groups in total. The quantitative estimate of drug-likeness (QED) is 0.810. The van der Waals surface area contributed by atoms with Crippen molar-refractivity contribution in [2.24, 2.45) is 4.36 Å². The lowest BCUT2D eigenvalue weighted by Crippen LogP contribution is -2.16. The van der Waals surface area contributed by atoms with Gasteiger partial charge in [-0.05, 0) is 37.0 Å². The predicted octanol–water partition coefficient (Wildman–Crippen LogP) is 4.36. The Bertz CT molecular complexity index is 1010. The standard InChI is InChI=1S/C20H25NO5S/c1-13(14-8-7-9-15(12-14)21-27(2,24)25)18-19(22)16-10-5-3-4-6-11-17(16)26-20(18)23/h7-9,12-13,22H,3-6,10-11H2,1-2H3,(H,21,24,25). The fourth-order valence-corrected chi connectivity index (χ4v) is 4.12. The molecule has 0 aliphatic heterocycles. The molecule has 27 heavy (non-hydrogen) atoms. The van der Waals surface area contributed by atoms with Crippen molar-refractivity contribution >= 4 is 15.7 Å². The van der Waals surface area contributed by atoms with Gasteiger partial charge < -0.3 is 14.1 Å². The van der Waals surface area contributed by atoms with Gasteiger partial charge in [-0.1, -0.05) is 31.9 Å². The minimum absolute atomic E-state index is 0.0273. The third-order valence-electron chi connectivity index (χ3n) is 4.97. The largest absolute Gasteiger partial charge is 0.507 e. The summed E-state index contributed by atoms with van der Waals surface area (Å²) in [7, 11) is -3.27. The second kappa shape index (κ2) is 7.86. The Kier molecular flexibility index (Phi) is 5.72. The highest BCUT2D eigenvalue weighted by atomic mass is 32.2. The summed E-state index contributed by atoms with van der Waals surface area (Å²) >= 11 is 0. The second-order valence-corrected chi connectivity index (χ2v) is 8.85. The summed E-state index contributed by atoms with van der Waals surface area (Å²) in [5.41, 5.74) is 1.51. The molecule has 0 radical (unpaired) electrons. The fourth-order valence-electron chi connectivity index (χ4n) is 3.62. The molecule has 7 heteroatoms. The molecule has 2 unspecified atom stereocenters. The van der Waals surface area contributed by atoms with Gasteiger partial charge in [0.25, 0.3) is 0 Å². The average Bonchev–Trinajstić information content (AvgIpc) is 2.55. The van der Waals surface area contributed by atoms with Crippen molar-refractivity contribution in [3.8, 4) is 5.75 Å². The first kappa shape index (κ1) is 19.6. The molecule has 3 rings (SSSR count). The van der Waals surface area contributed by atoms with E-state index in [4.69, 9.17) is 4.42 Å². The monoisotopic (exact) mass is 391 g/mol. The third kappa shape index (κ3) is 4.59. The Morgan fingerprint density at radius 2 is 1.89 bits per heavy atom. The molecule has 146 valence electrons. The van der Waals surface area contributed by atoms with Gasteiger partial charge in [-0.25, -0.2) is 9.00 Å². The van der Waals surface area contributed by atoms with Crippen LogP contribution in [0.15, 0.2) is 37.8 Å². The van der Waals surface area contributed by atoms with Crippen molar-refractivity contribution in [2.75, 3.05) is 6.26 Å². The SMILES string of the molecule is CC(c1cccc(N=S(C)(=O)O)c1)c1c(O)c2c(oc1=O)CCCCCC2. The number of hydrogen-bond donors (Lipinski definition) is 2. The Balaban J connectivity index is 2.06. The van der Waals surface area contributed by atoms with Crippen LogP contribution in [0.3, 0.4) is 0 Å². The van der Waals surface area contributed by atoms with Crippen LogP contribution in [-0.2, 0) is 22.9 Å². The molecule has 0 saturated heterocycles. The van der Waals surface area contributed by atoms with Gasteiger partial charge in [0.05, 0.1) is 11.3 Å². The molecule has 1 aliphatic carbocycles. The van der Waals surface area contributed by atoms with Crippen LogP contribution in [0.25, 0.3) is 0 Å². The number of aryl methyl sites for hydroxylation is 1. The minimum atomic E-state index is -3.27. The lowest BCUT2D eigenvalue weighted by atomic mass is 9.89. The normalized spacial score (nSPS) is 17.9. The Morgan fingerprint density at radius 1 is 1.19 bits per heavy atom. The molecule has 0 amide bonds. The fraction of sp³-hybridized carbons (Fsp3) is 0.450. The number of rotatable bonds is 3. The highest BCUT2D eigenvalue weighted by molar-refractivity contribution is 7.87. The molecule has 6 nitrogen and oxygen atoms in total. The number of benzene rings is 1. The first-order valence-electron chi connectivity index (χ1n) is 9.18. The Labute approximate surface area is 159 Å². The summed E-state index contributed by atoms with van der Waals surface area (Å²) in [4.78, 5) is 12.6. The van der Waals surface area contributed by atoms with E-state index in [0.29, 0.717) is 29.9 Å². The summed E-state index contributed by atoms with van der Waals surface area (Å²) in [5, 5.41) is 10.9. The van der Waals surface area contributed by atoms with Gasteiger partial charge in [0, 0.05) is 24.2 Å². The van der Waals surface area contributed by atoms with Gasteiger partial charge in [0.15, 0.2) is 10.0 Å². The van der Waals surface area contributed by atoms with Crippen LogP contribution in [0, 0.1) is 0 Å². The molecule has 1 aromatic carbocycles. The van der Waals surface area contributed by atoms with Crippen molar-refractivity contribution in [2.45, 2.75) is 51.4 Å². The van der Waals surface area contributed by atoms with Crippen molar-refractivity contribution < 1.29 is 18.3 Å². The van der Waals surface area contributed by atoms with Crippen LogP contribution in [-0.4, -0.2) is 20.1 Å². The summed E-state index contributed by atoms with van der Waals surface area (Å²) < 4.78 is 30.3. The van der Waals surface area contributed by atoms with Crippen LogP contribution >= 0.6 is 0 Å². The summed E-state index contributed by atoms with van der Waals surface area (Å²) in [5.74, 6) is 0.195. The van der Waals surface area contributed by atoms with E-state index in [1.807, 2.05) is 6.92 Å². The summed E-state index contributed by atoms with van der Waals surface area (Å²) in [6.45, 7) is 1.81. The smallest absolute Gasteiger partial charge is 0.343 e. The molecule has 1 heterocycles. The van der Waals surface area contributed by atoms with Crippen molar-refractivity contribution in [1.29, 1.82) is 0 Å². The number of nitrogens with zero attached hydrogens (tertiary/aromatic N) is 1. The molecule has 1 aliphatic rings. The second-order valence-electron chi connectivity index (χ2n) is 7.14. The van der Waals surface area contributed by atoms with E-state index < -0.39 is 21.6 Å². The third-order valence-corrected chi connectivity index (χ3v) is 5.52. The zero-order valence-corrected chi connectivity index (χ0v) is 16.4. The van der Waals surface area contributed by atoms with Crippen LogP contribution in [0.1, 0.15) is 61.0 Å². The number of hydrogen-bond acceptors (Lipinski definition) is 5. The van der Waals surface area contributed by atoms with Gasteiger partial charge in [-0.15, -0.1) is 0 Å². The molecule has 0 bridgehead atoms. The van der Waals surface area contributed by atoms with Crippen LogP contribution in [0.2, 0.25) is 0 Å². The predicted molar refractivity (Wildman–Crippen MR) is 105 cm³/mol. The van der Waals surface area contributed by atoms with Gasteiger partial charge in [0.2, 0.25) is 0 Å².